The van der Waals surface area contributed by atoms with Crippen LogP contribution in [0.3, 0.4) is 0 Å². The third-order valence-electron chi connectivity index (χ3n) is 6.27. The molecule has 1 atom stereocenters. The summed E-state index contributed by atoms with van der Waals surface area (Å²) in [5, 5.41) is 20.8. The molecule has 1 amide bonds. The van der Waals surface area contributed by atoms with Gasteiger partial charge in [0.2, 0.25) is 0 Å². The number of amides is 1. The van der Waals surface area contributed by atoms with Gasteiger partial charge in [-0.3, -0.25) is 4.79 Å². The third kappa shape index (κ3) is 5.72. The van der Waals surface area contributed by atoms with Crippen molar-refractivity contribution >= 4 is 36.7 Å². The third-order valence-corrected chi connectivity index (χ3v) is 7.58. The molecule has 3 aromatic rings. The summed E-state index contributed by atoms with van der Waals surface area (Å²) in [5.74, 6) is -1.65. The van der Waals surface area contributed by atoms with Gasteiger partial charge in [-0.2, -0.15) is 5.26 Å². The number of hydrogen-bond acceptors (Lipinski definition) is 5. The molecular formula is C27H25ClF2N5O2P. The van der Waals surface area contributed by atoms with E-state index in [0.29, 0.717) is 34.4 Å². The normalized spacial score (nSPS) is 15.7. The zero-order valence-corrected chi connectivity index (χ0v) is 22.5. The van der Waals surface area contributed by atoms with Gasteiger partial charge < -0.3 is 25.2 Å². The smallest absolute Gasteiger partial charge is 0.255 e. The van der Waals surface area contributed by atoms with Crippen molar-refractivity contribution in [2.75, 3.05) is 26.8 Å². The van der Waals surface area contributed by atoms with Gasteiger partial charge in [-0.1, -0.05) is 11.6 Å². The molecule has 1 unspecified atom stereocenters. The summed E-state index contributed by atoms with van der Waals surface area (Å²) < 4.78 is 40.6. The van der Waals surface area contributed by atoms with E-state index < -0.39 is 25.3 Å². The number of carbonyl (C=O) groups excluding carboxylic acids is 1. The van der Waals surface area contributed by atoms with E-state index in [-0.39, 0.29) is 46.8 Å². The molecule has 1 aliphatic heterocycles. The van der Waals surface area contributed by atoms with Crippen LogP contribution >= 0.6 is 19.4 Å². The van der Waals surface area contributed by atoms with E-state index in [1.165, 1.54) is 35.4 Å². The molecule has 1 saturated heterocycles. The average Bonchev–Trinajstić information content (AvgIpc) is 3.34. The number of aromatic amines is 1. The number of carbonyl (C=O) groups is 1. The van der Waals surface area contributed by atoms with Crippen LogP contribution in [-0.4, -0.2) is 48.3 Å². The molecule has 196 valence electrons. The number of rotatable bonds is 6. The van der Waals surface area contributed by atoms with Crippen molar-refractivity contribution < 1.29 is 18.1 Å². The summed E-state index contributed by atoms with van der Waals surface area (Å²) in [6, 6.07) is 10.2. The summed E-state index contributed by atoms with van der Waals surface area (Å²) in [6.45, 7) is 1.80. The first-order valence-electron chi connectivity index (χ1n) is 11.8. The number of halogens is 3. The van der Waals surface area contributed by atoms with Crippen LogP contribution < -0.4 is 5.32 Å². The van der Waals surface area contributed by atoms with Gasteiger partial charge in [0, 0.05) is 53.9 Å². The Hall–Kier alpha value is -3.73. The minimum Gasteiger partial charge on any atom is -0.387 e. The maximum atomic E-state index is 14.5. The fraction of sp³-hybridized carbons (Fsp3) is 0.222. The van der Waals surface area contributed by atoms with Crippen molar-refractivity contribution in [1.29, 1.82) is 10.7 Å². The Morgan fingerprint density at radius 1 is 1.24 bits per heavy atom. The minimum atomic E-state index is -1.85. The molecule has 0 spiro atoms. The predicted octanol–water partition coefficient (Wildman–Crippen LogP) is 5.67. The van der Waals surface area contributed by atoms with Crippen LogP contribution in [0.5, 0.6) is 0 Å². The number of nitrogens with one attached hydrogen (secondary N) is 3. The largest absolute Gasteiger partial charge is 0.387 e. The van der Waals surface area contributed by atoms with Crippen LogP contribution in [0.25, 0.3) is 16.8 Å². The van der Waals surface area contributed by atoms with Crippen molar-refractivity contribution in [3.05, 3.63) is 87.2 Å². The highest BCUT2D eigenvalue weighted by molar-refractivity contribution is 7.42. The van der Waals surface area contributed by atoms with Gasteiger partial charge in [-0.05, 0) is 55.0 Å². The summed E-state index contributed by atoms with van der Waals surface area (Å²) in [5.41, 5.74) is 3.46. The average molecular weight is 556 g/mol. The van der Waals surface area contributed by atoms with Crippen molar-refractivity contribution in [1.82, 2.24) is 15.2 Å². The fourth-order valence-electron chi connectivity index (χ4n) is 4.61. The number of piperidine rings is 1. The zero-order chi connectivity index (χ0) is 27.6. The zero-order valence-electron chi connectivity index (χ0n) is 20.7. The number of hydrogen-bond donors (Lipinski definition) is 3. The fourth-order valence-corrected chi connectivity index (χ4v) is 5.68. The molecule has 1 aromatic heterocycles. The van der Waals surface area contributed by atoms with E-state index in [9.17, 15) is 18.1 Å². The van der Waals surface area contributed by atoms with Crippen LogP contribution in [0, 0.1) is 28.4 Å². The van der Waals surface area contributed by atoms with Crippen molar-refractivity contribution in [3.8, 4) is 17.2 Å². The lowest BCUT2D eigenvalue weighted by molar-refractivity contribution is 0.0775. The van der Waals surface area contributed by atoms with Gasteiger partial charge in [-0.15, -0.1) is 0 Å². The second-order valence-corrected chi connectivity index (χ2v) is 11.2. The number of likely N-dealkylation sites (tertiary alicyclic amines) is 1. The lowest BCUT2D eigenvalue weighted by atomic mass is 9.94. The van der Waals surface area contributed by atoms with Gasteiger partial charge in [0.25, 0.3) is 5.91 Å². The SMILES string of the molecule is CN/C(=C1/CCN(C(=O)c2cc(F)cc(-c3c[nH]c(C#N)c3)c2Cl)CC1=N)c1cc(F)cc(C[PH](C)=O)c1. The van der Waals surface area contributed by atoms with Gasteiger partial charge in [-0.25, -0.2) is 8.78 Å². The first-order chi connectivity index (χ1) is 18.1. The Labute approximate surface area is 224 Å². The van der Waals surface area contributed by atoms with Crippen LogP contribution in [0.4, 0.5) is 8.78 Å². The highest BCUT2D eigenvalue weighted by Crippen LogP contribution is 2.34. The van der Waals surface area contributed by atoms with Gasteiger partial charge >= 0.3 is 0 Å². The predicted molar refractivity (Wildman–Crippen MR) is 145 cm³/mol. The number of H-pyrrole nitrogens is 1. The number of nitriles is 1. The first-order valence-corrected chi connectivity index (χ1v) is 14.3. The standard InChI is InChI=1S/C27H25ClF2N5O2P/c1-33-26(16-5-15(14-38(2)37)6-18(29)7-16)21-3-4-35(13-24(21)32)27(36)23-10-19(30)9-22(25(23)28)17-8-20(11-31)34-12-17/h5-10,12,32-34,38H,3-4,13-14H2,1-2H3/b26-21-,32-24?. The Balaban J connectivity index is 1.62. The van der Waals surface area contributed by atoms with Crippen molar-refractivity contribution in [2.45, 2.75) is 12.6 Å². The van der Waals surface area contributed by atoms with Crippen LogP contribution in [0.15, 0.2) is 48.2 Å². The quantitative estimate of drug-likeness (QED) is 0.340. The van der Waals surface area contributed by atoms with Crippen LogP contribution in [0.1, 0.15) is 33.6 Å². The summed E-state index contributed by atoms with van der Waals surface area (Å²) in [4.78, 5) is 17.6. The Morgan fingerprint density at radius 2 is 1.97 bits per heavy atom. The second-order valence-electron chi connectivity index (χ2n) is 9.01. The monoisotopic (exact) mass is 555 g/mol. The molecule has 2 heterocycles. The highest BCUT2D eigenvalue weighted by atomic mass is 35.5. The van der Waals surface area contributed by atoms with Gasteiger partial charge in [0.1, 0.15) is 23.4 Å². The van der Waals surface area contributed by atoms with Gasteiger partial charge in [0.05, 0.1) is 30.6 Å². The van der Waals surface area contributed by atoms with Crippen molar-refractivity contribution in [2.24, 2.45) is 0 Å². The van der Waals surface area contributed by atoms with E-state index in [2.05, 4.69) is 10.3 Å². The molecular weight excluding hydrogens is 531 g/mol. The second kappa shape index (κ2) is 11.3. The minimum absolute atomic E-state index is 0.0417. The maximum absolute atomic E-state index is 14.5. The van der Waals surface area contributed by atoms with E-state index in [1.807, 2.05) is 6.07 Å². The van der Waals surface area contributed by atoms with E-state index in [0.717, 1.165) is 6.07 Å². The molecule has 4 rings (SSSR count). The molecule has 0 saturated carbocycles. The van der Waals surface area contributed by atoms with Crippen LogP contribution in [-0.2, 0) is 10.7 Å². The highest BCUT2D eigenvalue weighted by Gasteiger charge is 2.29. The summed E-state index contributed by atoms with van der Waals surface area (Å²) >= 11 is 6.53. The van der Waals surface area contributed by atoms with E-state index >= 15 is 0 Å². The molecule has 38 heavy (non-hydrogen) atoms. The first kappa shape index (κ1) is 27.3. The molecule has 2 aromatic carbocycles. The molecule has 7 nitrogen and oxygen atoms in total. The summed E-state index contributed by atoms with van der Waals surface area (Å²) in [6.07, 6.45) is 2.09. The molecule has 0 bridgehead atoms. The lowest BCUT2D eigenvalue weighted by Crippen LogP contribution is -2.42. The van der Waals surface area contributed by atoms with Crippen molar-refractivity contribution in [3.63, 3.8) is 0 Å². The Morgan fingerprint density at radius 3 is 2.61 bits per heavy atom. The van der Waals surface area contributed by atoms with Gasteiger partial charge in [0.15, 0.2) is 0 Å². The topological polar surface area (TPSA) is 113 Å². The lowest BCUT2D eigenvalue weighted by Gasteiger charge is -2.31. The molecule has 1 aliphatic rings. The molecule has 1 fully saturated rings. The Bertz CT molecular complexity index is 1540. The molecule has 0 radical (unpaired) electrons. The molecule has 3 N–H and O–H groups in total. The Kier molecular flexibility index (Phi) is 8.15. The van der Waals surface area contributed by atoms with E-state index in [1.54, 1.807) is 19.8 Å². The number of nitrogens with zero attached hydrogens (tertiary/aromatic N) is 2. The number of benzene rings is 2. The number of aromatic nitrogens is 1. The van der Waals surface area contributed by atoms with Crippen LogP contribution in [0.2, 0.25) is 5.02 Å². The summed E-state index contributed by atoms with van der Waals surface area (Å²) in [7, 11) is -0.176. The molecule has 11 heteroatoms. The molecule has 0 aliphatic carbocycles. The maximum Gasteiger partial charge on any atom is 0.255 e. The van der Waals surface area contributed by atoms with E-state index in [4.69, 9.17) is 22.3 Å².